The highest BCUT2D eigenvalue weighted by molar-refractivity contribution is 9.10. The van der Waals surface area contributed by atoms with Crippen LogP contribution in [0.15, 0.2) is 46.9 Å². The number of amides is 2. The third-order valence-electron chi connectivity index (χ3n) is 3.10. The molecule has 26 heavy (non-hydrogen) atoms. The number of hydrogen-bond donors (Lipinski definition) is 3. The maximum Gasteiger partial charge on any atom is 0.276 e. The number of carbonyl (C=O) groups excluding carboxylic acids is 2. The first-order valence-corrected chi connectivity index (χ1v) is 8.98. The van der Waals surface area contributed by atoms with Gasteiger partial charge in [0.2, 0.25) is 0 Å². The Bertz CT molecular complexity index is 831. The molecule has 0 aromatic heterocycles. The number of benzene rings is 2. The first-order chi connectivity index (χ1) is 12.3. The molecule has 0 bridgehead atoms. The fourth-order valence-corrected chi connectivity index (χ4v) is 2.71. The summed E-state index contributed by atoms with van der Waals surface area (Å²) in [5.41, 5.74) is 6.23. The smallest absolute Gasteiger partial charge is 0.276 e. The largest absolute Gasteiger partial charge is 0.483 e. The third kappa shape index (κ3) is 6.29. The average Bonchev–Trinajstić information content (AvgIpc) is 2.59. The summed E-state index contributed by atoms with van der Waals surface area (Å²) >= 11 is 14.1. The average molecular weight is 457 g/mol. The van der Waals surface area contributed by atoms with E-state index in [1.165, 1.54) is 0 Å². The molecule has 0 saturated carbocycles. The van der Waals surface area contributed by atoms with Gasteiger partial charge in [0.1, 0.15) is 5.75 Å². The van der Waals surface area contributed by atoms with E-state index in [9.17, 15) is 9.59 Å². The second-order valence-corrected chi connectivity index (χ2v) is 6.88. The Hall–Kier alpha value is -2.16. The molecule has 0 aliphatic rings. The van der Waals surface area contributed by atoms with Crippen molar-refractivity contribution in [1.82, 2.24) is 16.2 Å². The van der Waals surface area contributed by atoms with Crippen molar-refractivity contribution >= 4 is 56.7 Å². The van der Waals surface area contributed by atoms with E-state index in [4.69, 9.17) is 28.6 Å². The third-order valence-corrected chi connectivity index (χ3v) is 4.17. The molecule has 136 valence electrons. The minimum atomic E-state index is -0.458. The van der Waals surface area contributed by atoms with Gasteiger partial charge >= 0.3 is 0 Å². The molecule has 3 N–H and O–H groups in total. The number of rotatable bonds is 4. The SMILES string of the molecule is Cc1ccc(OCC(=O)NNC(=S)NC(=O)c2ccc(Cl)cc2)c(Br)c1. The van der Waals surface area contributed by atoms with Crippen LogP contribution in [0.25, 0.3) is 0 Å². The summed E-state index contributed by atoms with van der Waals surface area (Å²) in [6.45, 7) is 1.73. The van der Waals surface area contributed by atoms with Crippen LogP contribution in [0.4, 0.5) is 0 Å². The van der Waals surface area contributed by atoms with E-state index in [0.29, 0.717) is 16.3 Å². The van der Waals surface area contributed by atoms with Gasteiger partial charge in [-0.25, -0.2) is 0 Å². The van der Waals surface area contributed by atoms with Crippen LogP contribution in [0.1, 0.15) is 15.9 Å². The number of aryl methyl sites for hydroxylation is 1. The van der Waals surface area contributed by atoms with E-state index < -0.39 is 11.8 Å². The van der Waals surface area contributed by atoms with Crippen LogP contribution < -0.4 is 20.9 Å². The zero-order valence-electron chi connectivity index (χ0n) is 13.6. The van der Waals surface area contributed by atoms with Crippen molar-refractivity contribution in [1.29, 1.82) is 0 Å². The van der Waals surface area contributed by atoms with Gasteiger partial charge in [0.25, 0.3) is 11.8 Å². The molecule has 0 aliphatic carbocycles. The van der Waals surface area contributed by atoms with E-state index in [-0.39, 0.29) is 11.7 Å². The number of carbonyl (C=O) groups is 2. The Balaban J connectivity index is 1.75. The molecule has 0 heterocycles. The van der Waals surface area contributed by atoms with Gasteiger partial charge in [-0.3, -0.25) is 25.8 Å². The zero-order chi connectivity index (χ0) is 19.1. The molecule has 6 nitrogen and oxygen atoms in total. The highest BCUT2D eigenvalue weighted by Crippen LogP contribution is 2.25. The number of ether oxygens (including phenoxy) is 1. The van der Waals surface area contributed by atoms with Crippen LogP contribution in [0.5, 0.6) is 5.75 Å². The molecule has 0 unspecified atom stereocenters. The maximum atomic E-state index is 12.0. The first kappa shape index (κ1) is 20.2. The van der Waals surface area contributed by atoms with Gasteiger partial charge in [-0.2, -0.15) is 0 Å². The summed E-state index contributed by atoms with van der Waals surface area (Å²) in [5.74, 6) is -0.335. The van der Waals surface area contributed by atoms with Crippen molar-refractivity contribution in [2.45, 2.75) is 6.92 Å². The van der Waals surface area contributed by atoms with Crippen LogP contribution in [-0.2, 0) is 4.79 Å². The van der Waals surface area contributed by atoms with Gasteiger partial charge in [-0.15, -0.1) is 0 Å². The molecule has 2 amide bonds. The molecule has 0 aliphatic heterocycles. The zero-order valence-corrected chi connectivity index (χ0v) is 16.8. The van der Waals surface area contributed by atoms with Crippen LogP contribution in [-0.4, -0.2) is 23.5 Å². The van der Waals surface area contributed by atoms with Gasteiger partial charge in [0.05, 0.1) is 4.47 Å². The number of nitrogens with one attached hydrogen (secondary N) is 3. The monoisotopic (exact) mass is 455 g/mol. The van der Waals surface area contributed by atoms with E-state index in [1.54, 1.807) is 30.3 Å². The van der Waals surface area contributed by atoms with Crippen LogP contribution in [0, 0.1) is 6.92 Å². The molecule has 0 radical (unpaired) electrons. The van der Waals surface area contributed by atoms with Crippen LogP contribution in [0.3, 0.4) is 0 Å². The summed E-state index contributed by atoms with van der Waals surface area (Å²) in [6, 6.07) is 11.8. The molecule has 0 saturated heterocycles. The fourth-order valence-electron chi connectivity index (χ4n) is 1.84. The predicted octanol–water partition coefficient (Wildman–Crippen LogP) is 3.13. The van der Waals surface area contributed by atoms with E-state index in [0.717, 1.165) is 10.0 Å². The minimum Gasteiger partial charge on any atom is -0.483 e. The molecular weight excluding hydrogens is 442 g/mol. The molecule has 9 heteroatoms. The van der Waals surface area contributed by atoms with Gasteiger partial charge in [-0.05, 0) is 77.0 Å². The number of hydrazine groups is 1. The fraction of sp³-hybridized carbons (Fsp3) is 0.118. The van der Waals surface area contributed by atoms with Gasteiger partial charge in [0, 0.05) is 10.6 Å². The van der Waals surface area contributed by atoms with Crippen molar-refractivity contribution in [2.24, 2.45) is 0 Å². The lowest BCUT2D eigenvalue weighted by atomic mass is 10.2. The first-order valence-electron chi connectivity index (χ1n) is 7.40. The van der Waals surface area contributed by atoms with Gasteiger partial charge in [0.15, 0.2) is 11.7 Å². The number of hydrogen-bond acceptors (Lipinski definition) is 4. The highest BCUT2D eigenvalue weighted by atomic mass is 79.9. The Morgan fingerprint density at radius 2 is 1.85 bits per heavy atom. The highest BCUT2D eigenvalue weighted by Gasteiger charge is 2.09. The normalized spacial score (nSPS) is 9.96. The number of thiocarbonyl (C=S) groups is 1. The predicted molar refractivity (Wildman–Crippen MR) is 107 cm³/mol. The summed E-state index contributed by atoms with van der Waals surface area (Å²) in [5, 5.41) is 2.91. The summed E-state index contributed by atoms with van der Waals surface area (Å²) < 4.78 is 6.16. The summed E-state index contributed by atoms with van der Waals surface area (Å²) in [7, 11) is 0. The Morgan fingerprint density at radius 1 is 1.15 bits per heavy atom. The molecule has 0 fully saturated rings. The van der Waals surface area contributed by atoms with E-state index in [1.807, 2.05) is 19.1 Å². The van der Waals surface area contributed by atoms with Crippen molar-refractivity contribution < 1.29 is 14.3 Å². The number of halogens is 2. The molecule has 2 rings (SSSR count). The van der Waals surface area contributed by atoms with Crippen molar-refractivity contribution in [3.8, 4) is 5.75 Å². The van der Waals surface area contributed by atoms with Crippen molar-refractivity contribution in [3.63, 3.8) is 0 Å². The minimum absolute atomic E-state index is 0.0465. The summed E-state index contributed by atoms with van der Waals surface area (Å²) in [6.07, 6.45) is 0. The quantitative estimate of drug-likeness (QED) is 0.487. The standard InChI is InChI=1S/C17H15BrClN3O3S/c1-10-2-7-14(13(18)8-10)25-9-15(23)21-22-17(26)20-16(24)11-3-5-12(19)6-4-11/h2-8H,9H2,1H3,(H,21,23)(H2,20,22,24,26). The Labute approximate surface area is 169 Å². The second-order valence-electron chi connectivity index (χ2n) is 5.19. The second kappa shape index (κ2) is 9.51. The Kier molecular flexibility index (Phi) is 7.38. The lowest BCUT2D eigenvalue weighted by molar-refractivity contribution is -0.123. The molecule has 2 aromatic carbocycles. The molecule has 2 aromatic rings. The van der Waals surface area contributed by atoms with E-state index >= 15 is 0 Å². The maximum absolute atomic E-state index is 12.0. The molecule has 0 atom stereocenters. The lowest BCUT2D eigenvalue weighted by Crippen LogP contribution is -2.49. The topological polar surface area (TPSA) is 79.5 Å². The van der Waals surface area contributed by atoms with Crippen LogP contribution in [0.2, 0.25) is 5.02 Å². The Morgan fingerprint density at radius 3 is 2.50 bits per heavy atom. The van der Waals surface area contributed by atoms with Gasteiger partial charge in [-0.1, -0.05) is 17.7 Å². The molecule has 0 spiro atoms. The summed E-state index contributed by atoms with van der Waals surface area (Å²) in [4.78, 5) is 23.8. The lowest BCUT2D eigenvalue weighted by Gasteiger charge is -2.12. The van der Waals surface area contributed by atoms with Crippen molar-refractivity contribution in [3.05, 3.63) is 63.1 Å². The van der Waals surface area contributed by atoms with Gasteiger partial charge < -0.3 is 4.74 Å². The van der Waals surface area contributed by atoms with Crippen LogP contribution >= 0.6 is 39.7 Å². The molecular formula is C17H15BrClN3O3S. The van der Waals surface area contributed by atoms with Crippen molar-refractivity contribution in [2.75, 3.05) is 6.61 Å². The van der Waals surface area contributed by atoms with E-state index in [2.05, 4.69) is 32.1 Å².